The van der Waals surface area contributed by atoms with Gasteiger partial charge in [0.1, 0.15) is 0 Å². The second-order valence-corrected chi connectivity index (χ2v) is 6.99. The summed E-state index contributed by atoms with van der Waals surface area (Å²) >= 11 is 0. The minimum Gasteiger partial charge on any atom is -0.315 e. The molecule has 1 aliphatic heterocycles. The van der Waals surface area contributed by atoms with Crippen LogP contribution in [0, 0.1) is 24.0 Å². The molecule has 1 unspecified atom stereocenters. The molecule has 9 heteroatoms. The number of benzene rings is 1. The molecule has 0 amide bonds. The molecule has 1 fully saturated rings. The van der Waals surface area contributed by atoms with Crippen molar-refractivity contribution in [2.75, 3.05) is 13.1 Å². The monoisotopic (exact) mass is 349 g/mol. The van der Waals surface area contributed by atoms with E-state index < -0.39 is 14.9 Å². The molecular formula is C13H20ClN3O4S. The first-order valence-electron chi connectivity index (χ1n) is 6.80. The average molecular weight is 350 g/mol. The predicted octanol–water partition coefficient (Wildman–Crippen LogP) is 1.66. The summed E-state index contributed by atoms with van der Waals surface area (Å²) < 4.78 is 27.6. The van der Waals surface area contributed by atoms with Crippen molar-refractivity contribution in [3.8, 4) is 0 Å². The van der Waals surface area contributed by atoms with E-state index in [9.17, 15) is 18.5 Å². The molecule has 1 aliphatic rings. The van der Waals surface area contributed by atoms with Crippen molar-refractivity contribution in [1.82, 2.24) is 10.0 Å². The number of aryl methyl sites for hydroxylation is 1. The second kappa shape index (κ2) is 7.36. The first-order chi connectivity index (χ1) is 9.81. The maximum Gasteiger partial charge on any atom is 0.271 e. The molecule has 0 aliphatic carbocycles. The standard InChI is InChI=1S/C13H19N3O4S.ClH/c1-9-6-12(16(17)18)7-13(10(9)2)21(19,20)15-11-4-3-5-14-8-11;/h6-7,11,14-15H,3-5,8H2,1-2H3;1H. The summed E-state index contributed by atoms with van der Waals surface area (Å²) in [4.78, 5) is 10.3. The van der Waals surface area contributed by atoms with Crippen molar-refractivity contribution < 1.29 is 13.3 Å². The molecule has 124 valence electrons. The van der Waals surface area contributed by atoms with E-state index in [0.717, 1.165) is 25.5 Å². The summed E-state index contributed by atoms with van der Waals surface area (Å²) in [6.07, 6.45) is 1.67. The van der Waals surface area contributed by atoms with Crippen LogP contribution in [0.25, 0.3) is 0 Å². The van der Waals surface area contributed by atoms with Crippen LogP contribution in [0.4, 0.5) is 5.69 Å². The Labute approximate surface area is 136 Å². The van der Waals surface area contributed by atoms with Gasteiger partial charge in [-0.05, 0) is 44.4 Å². The highest BCUT2D eigenvalue weighted by atomic mass is 35.5. The van der Waals surface area contributed by atoms with Crippen molar-refractivity contribution >= 4 is 28.1 Å². The molecule has 2 rings (SSSR count). The number of nitro groups is 1. The van der Waals surface area contributed by atoms with E-state index in [1.807, 2.05) is 0 Å². The minimum atomic E-state index is -3.76. The summed E-state index contributed by atoms with van der Waals surface area (Å²) in [6, 6.07) is 2.33. The van der Waals surface area contributed by atoms with E-state index >= 15 is 0 Å². The number of hydrogen-bond donors (Lipinski definition) is 2. The van der Waals surface area contributed by atoms with Gasteiger partial charge in [-0.3, -0.25) is 10.1 Å². The summed E-state index contributed by atoms with van der Waals surface area (Å²) in [6.45, 7) is 4.79. The zero-order valence-electron chi connectivity index (χ0n) is 12.5. The highest BCUT2D eigenvalue weighted by Gasteiger charge is 2.26. The smallest absolute Gasteiger partial charge is 0.271 e. The summed E-state index contributed by atoms with van der Waals surface area (Å²) in [5.41, 5.74) is 0.920. The topological polar surface area (TPSA) is 101 Å². The van der Waals surface area contributed by atoms with Gasteiger partial charge in [0.05, 0.1) is 9.82 Å². The zero-order chi connectivity index (χ0) is 15.6. The van der Waals surface area contributed by atoms with Gasteiger partial charge >= 0.3 is 0 Å². The van der Waals surface area contributed by atoms with Crippen molar-refractivity contribution in [3.63, 3.8) is 0 Å². The fourth-order valence-corrected chi connectivity index (χ4v) is 4.04. The number of non-ortho nitro benzene ring substituents is 1. The molecule has 0 spiro atoms. The maximum absolute atomic E-state index is 12.5. The largest absolute Gasteiger partial charge is 0.315 e. The Hall–Kier alpha value is -1.22. The lowest BCUT2D eigenvalue weighted by Gasteiger charge is -2.24. The molecule has 1 saturated heterocycles. The first-order valence-corrected chi connectivity index (χ1v) is 8.28. The third kappa shape index (κ3) is 4.16. The Balaban J connectivity index is 0.00000242. The van der Waals surface area contributed by atoms with E-state index in [-0.39, 0.29) is 29.0 Å². The number of sulfonamides is 1. The van der Waals surface area contributed by atoms with Crippen LogP contribution in [0.1, 0.15) is 24.0 Å². The Kier molecular flexibility index (Phi) is 6.30. The van der Waals surface area contributed by atoms with E-state index in [0.29, 0.717) is 17.7 Å². The molecule has 1 heterocycles. The highest BCUT2D eigenvalue weighted by Crippen LogP contribution is 2.25. The number of rotatable bonds is 4. The number of nitro benzene ring substituents is 1. The molecule has 0 radical (unpaired) electrons. The summed E-state index contributed by atoms with van der Waals surface area (Å²) in [5.74, 6) is 0. The van der Waals surface area contributed by atoms with Crippen molar-refractivity contribution in [2.24, 2.45) is 0 Å². The second-order valence-electron chi connectivity index (χ2n) is 5.31. The number of halogens is 1. The van der Waals surface area contributed by atoms with Crippen LogP contribution in [0.5, 0.6) is 0 Å². The van der Waals surface area contributed by atoms with Gasteiger partial charge in [0.25, 0.3) is 5.69 Å². The van der Waals surface area contributed by atoms with Gasteiger partial charge in [-0.25, -0.2) is 13.1 Å². The van der Waals surface area contributed by atoms with Crippen LogP contribution in [0.2, 0.25) is 0 Å². The Bertz CT molecular complexity index is 657. The lowest BCUT2D eigenvalue weighted by Crippen LogP contribution is -2.45. The highest BCUT2D eigenvalue weighted by molar-refractivity contribution is 7.89. The molecule has 22 heavy (non-hydrogen) atoms. The van der Waals surface area contributed by atoms with E-state index in [1.165, 1.54) is 6.07 Å². The minimum absolute atomic E-state index is 0. The fraction of sp³-hybridized carbons (Fsp3) is 0.538. The van der Waals surface area contributed by atoms with Crippen molar-refractivity contribution in [2.45, 2.75) is 37.6 Å². The van der Waals surface area contributed by atoms with Gasteiger partial charge in [-0.15, -0.1) is 12.4 Å². The van der Waals surface area contributed by atoms with Crippen LogP contribution in [-0.4, -0.2) is 32.5 Å². The molecule has 0 aromatic heterocycles. The normalized spacial score (nSPS) is 18.5. The summed E-state index contributed by atoms with van der Waals surface area (Å²) in [7, 11) is -3.76. The lowest BCUT2D eigenvalue weighted by molar-refractivity contribution is -0.385. The van der Waals surface area contributed by atoms with Gasteiger partial charge in [0, 0.05) is 24.7 Å². The molecule has 1 atom stereocenters. The Morgan fingerprint density at radius 3 is 2.59 bits per heavy atom. The van der Waals surface area contributed by atoms with E-state index in [2.05, 4.69) is 10.0 Å². The van der Waals surface area contributed by atoms with Gasteiger partial charge in [0.15, 0.2) is 0 Å². The van der Waals surface area contributed by atoms with Gasteiger partial charge in [-0.1, -0.05) is 0 Å². The van der Waals surface area contributed by atoms with Crippen LogP contribution in [0.3, 0.4) is 0 Å². The van der Waals surface area contributed by atoms with Gasteiger partial charge in [0.2, 0.25) is 10.0 Å². The third-order valence-electron chi connectivity index (χ3n) is 3.72. The average Bonchev–Trinajstić information content (AvgIpc) is 2.41. The molecule has 7 nitrogen and oxygen atoms in total. The molecule has 1 aromatic carbocycles. The lowest BCUT2D eigenvalue weighted by atomic mass is 10.1. The number of hydrogen-bond acceptors (Lipinski definition) is 5. The zero-order valence-corrected chi connectivity index (χ0v) is 14.1. The molecule has 1 aromatic rings. The molecule has 0 saturated carbocycles. The molecule has 2 N–H and O–H groups in total. The van der Waals surface area contributed by atoms with Crippen LogP contribution < -0.4 is 10.0 Å². The molecule has 0 bridgehead atoms. The first kappa shape index (κ1) is 18.8. The SMILES string of the molecule is Cc1cc([N+](=O)[O-])cc(S(=O)(=O)NC2CCCNC2)c1C.Cl. The van der Waals surface area contributed by atoms with Crippen LogP contribution >= 0.6 is 12.4 Å². The number of piperidine rings is 1. The van der Waals surface area contributed by atoms with Gasteiger partial charge < -0.3 is 5.32 Å². The quantitative estimate of drug-likeness (QED) is 0.636. The number of nitrogens with zero attached hydrogens (tertiary/aromatic N) is 1. The van der Waals surface area contributed by atoms with Crippen molar-refractivity contribution in [1.29, 1.82) is 0 Å². The van der Waals surface area contributed by atoms with E-state index in [4.69, 9.17) is 0 Å². The van der Waals surface area contributed by atoms with Crippen molar-refractivity contribution in [3.05, 3.63) is 33.4 Å². The van der Waals surface area contributed by atoms with Gasteiger partial charge in [-0.2, -0.15) is 0 Å². The Morgan fingerprint density at radius 2 is 2.05 bits per heavy atom. The number of nitrogens with one attached hydrogen (secondary N) is 2. The van der Waals surface area contributed by atoms with E-state index in [1.54, 1.807) is 13.8 Å². The van der Waals surface area contributed by atoms with Crippen LogP contribution in [-0.2, 0) is 10.0 Å². The predicted molar refractivity (Wildman–Crippen MR) is 86.0 cm³/mol. The summed E-state index contributed by atoms with van der Waals surface area (Å²) in [5, 5.41) is 14.0. The molecular weight excluding hydrogens is 330 g/mol. The third-order valence-corrected chi connectivity index (χ3v) is 5.37. The van der Waals surface area contributed by atoms with Crippen LogP contribution in [0.15, 0.2) is 17.0 Å². The Morgan fingerprint density at radius 1 is 1.36 bits per heavy atom. The maximum atomic E-state index is 12.5. The fourth-order valence-electron chi connectivity index (χ4n) is 2.43.